The quantitative estimate of drug-likeness (QED) is 0.744. The third-order valence-electron chi connectivity index (χ3n) is 2.99. The molecule has 0 radical (unpaired) electrons. The topological polar surface area (TPSA) is 31.4 Å². The zero-order valence-corrected chi connectivity index (χ0v) is 11.3. The highest BCUT2D eigenvalue weighted by Crippen LogP contribution is 2.34. The molecule has 1 aliphatic rings. The maximum absolute atomic E-state index is 6.20. The lowest BCUT2D eigenvalue weighted by Crippen LogP contribution is -2.01. The minimum Gasteiger partial charge on any atom is -0.346 e. The van der Waals surface area contributed by atoms with Gasteiger partial charge in [0, 0.05) is 16.0 Å². The Morgan fingerprint density at radius 1 is 1.22 bits per heavy atom. The maximum Gasteiger partial charge on any atom is 0.187 e. The van der Waals surface area contributed by atoms with E-state index in [0.717, 1.165) is 22.0 Å². The molecule has 1 aliphatic heterocycles. The smallest absolute Gasteiger partial charge is 0.187 e. The molecule has 1 aromatic carbocycles. The first-order valence-electron chi connectivity index (χ1n) is 5.65. The second-order valence-electron chi connectivity index (χ2n) is 4.20. The number of benzene rings is 1. The van der Waals surface area contributed by atoms with Gasteiger partial charge >= 0.3 is 0 Å². The van der Waals surface area contributed by atoms with Gasteiger partial charge in [-0.05, 0) is 24.6 Å². The van der Waals surface area contributed by atoms with E-state index in [1.807, 2.05) is 25.1 Å². The first-order valence-corrected chi connectivity index (χ1v) is 6.41. The van der Waals surface area contributed by atoms with E-state index in [1.54, 1.807) is 0 Å². The van der Waals surface area contributed by atoms with Gasteiger partial charge in [-0.25, -0.2) is 4.98 Å². The molecular formula is C13H11Cl2NO2. The Bertz CT molecular complexity index is 609. The minimum atomic E-state index is -0.439. The predicted octanol–water partition coefficient (Wildman–Crippen LogP) is 3.90. The van der Waals surface area contributed by atoms with E-state index in [-0.39, 0.29) is 0 Å². The lowest BCUT2D eigenvalue weighted by atomic mass is 10.1. The molecule has 1 aromatic heterocycles. The molecule has 0 N–H and O–H groups in total. The monoisotopic (exact) mass is 283 g/mol. The molecule has 0 bridgehead atoms. The van der Waals surface area contributed by atoms with Crippen LogP contribution < -0.4 is 0 Å². The van der Waals surface area contributed by atoms with Gasteiger partial charge in [-0.3, -0.25) is 0 Å². The molecule has 18 heavy (non-hydrogen) atoms. The molecule has 0 unspecified atom stereocenters. The van der Waals surface area contributed by atoms with Gasteiger partial charge in [-0.2, -0.15) is 0 Å². The molecule has 0 amide bonds. The van der Waals surface area contributed by atoms with Gasteiger partial charge in [-0.15, -0.1) is 0 Å². The second-order valence-corrected chi connectivity index (χ2v) is 4.97. The van der Waals surface area contributed by atoms with Crippen LogP contribution in [0, 0.1) is 6.92 Å². The summed E-state index contributed by atoms with van der Waals surface area (Å²) in [6, 6.07) is 5.68. The molecule has 1 saturated heterocycles. The zero-order chi connectivity index (χ0) is 12.7. The number of hydrogen-bond donors (Lipinski definition) is 0. The predicted molar refractivity (Wildman–Crippen MR) is 71.1 cm³/mol. The van der Waals surface area contributed by atoms with Gasteiger partial charge in [0.25, 0.3) is 0 Å². The van der Waals surface area contributed by atoms with Crippen molar-refractivity contribution in [2.75, 3.05) is 13.2 Å². The van der Waals surface area contributed by atoms with E-state index in [2.05, 4.69) is 4.98 Å². The van der Waals surface area contributed by atoms with Crippen LogP contribution in [-0.4, -0.2) is 18.2 Å². The molecule has 0 aliphatic carbocycles. The number of hydrogen-bond acceptors (Lipinski definition) is 3. The normalized spacial score (nSPS) is 16.6. The second kappa shape index (κ2) is 4.67. The SMILES string of the molecule is Cc1ccc(Cl)c2cc(C3OCCO3)c(Cl)nc12. The fourth-order valence-corrected chi connectivity index (χ4v) is 2.49. The van der Waals surface area contributed by atoms with Crippen LogP contribution in [0.15, 0.2) is 18.2 Å². The first-order chi connectivity index (χ1) is 8.66. The largest absolute Gasteiger partial charge is 0.346 e. The van der Waals surface area contributed by atoms with Crippen LogP contribution in [0.5, 0.6) is 0 Å². The third kappa shape index (κ3) is 1.97. The lowest BCUT2D eigenvalue weighted by Gasteiger charge is -2.13. The summed E-state index contributed by atoms with van der Waals surface area (Å²) in [5.41, 5.74) is 2.58. The Morgan fingerprint density at radius 3 is 2.67 bits per heavy atom. The van der Waals surface area contributed by atoms with Gasteiger partial charge in [0.2, 0.25) is 0 Å². The average Bonchev–Trinajstić information content (AvgIpc) is 2.87. The summed E-state index contributed by atoms with van der Waals surface area (Å²) >= 11 is 12.4. The van der Waals surface area contributed by atoms with Crippen LogP contribution >= 0.6 is 23.2 Å². The summed E-state index contributed by atoms with van der Waals surface area (Å²) in [6.45, 7) is 3.12. The van der Waals surface area contributed by atoms with Crippen molar-refractivity contribution in [1.82, 2.24) is 4.98 Å². The van der Waals surface area contributed by atoms with Gasteiger partial charge < -0.3 is 9.47 Å². The summed E-state index contributed by atoms with van der Waals surface area (Å²) < 4.78 is 10.9. The van der Waals surface area contributed by atoms with Crippen molar-refractivity contribution < 1.29 is 9.47 Å². The fraction of sp³-hybridized carbons (Fsp3) is 0.308. The number of ether oxygens (including phenoxy) is 2. The van der Waals surface area contributed by atoms with Crippen LogP contribution in [0.1, 0.15) is 17.4 Å². The number of rotatable bonds is 1. The van der Waals surface area contributed by atoms with Crippen molar-refractivity contribution in [1.29, 1.82) is 0 Å². The Morgan fingerprint density at radius 2 is 1.94 bits per heavy atom. The van der Waals surface area contributed by atoms with Gasteiger partial charge in [0.1, 0.15) is 5.15 Å². The lowest BCUT2D eigenvalue weighted by molar-refractivity contribution is -0.0441. The van der Waals surface area contributed by atoms with Crippen molar-refractivity contribution in [3.63, 3.8) is 0 Å². The molecule has 2 aromatic rings. The molecule has 0 saturated carbocycles. The highest BCUT2D eigenvalue weighted by atomic mass is 35.5. The number of halogens is 2. The molecule has 1 fully saturated rings. The van der Waals surface area contributed by atoms with Crippen molar-refractivity contribution in [2.45, 2.75) is 13.2 Å². The number of nitrogens with zero attached hydrogens (tertiary/aromatic N) is 1. The third-order valence-corrected chi connectivity index (χ3v) is 3.62. The van der Waals surface area contributed by atoms with Crippen LogP contribution in [0.2, 0.25) is 10.2 Å². The van der Waals surface area contributed by atoms with Crippen molar-refractivity contribution in [2.24, 2.45) is 0 Å². The minimum absolute atomic E-state index is 0.403. The van der Waals surface area contributed by atoms with Crippen LogP contribution in [-0.2, 0) is 9.47 Å². The van der Waals surface area contributed by atoms with E-state index in [0.29, 0.717) is 23.4 Å². The maximum atomic E-state index is 6.20. The van der Waals surface area contributed by atoms with Crippen molar-refractivity contribution >= 4 is 34.1 Å². The van der Waals surface area contributed by atoms with Gasteiger partial charge in [0.05, 0.1) is 18.7 Å². The van der Waals surface area contributed by atoms with E-state index < -0.39 is 6.29 Å². The molecule has 5 heteroatoms. The Balaban J connectivity index is 2.22. The Kier molecular flexibility index (Phi) is 3.16. The highest BCUT2D eigenvalue weighted by Gasteiger charge is 2.23. The van der Waals surface area contributed by atoms with E-state index in [9.17, 15) is 0 Å². The standard InChI is InChI=1S/C13H11Cl2NO2/c1-7-2-3-10(14)8-6-9(12(15)16-11(7)8)13-17-4-5-18-13/h2-3,6,13H,4-5H2,1H3. The Hall–Kier alpha value is -0.870. The highest BCUT2D eigenvalue weighted by molar-refractivity contribution is 6.36. The summed E-state index contributed by atoms with van der Waals surface area (Å²) in [5.74, 6) is 0. The molecular weight excluding hydrogens is 273 g/mol. The zero-order valence-electron chi connectivity index (χ0n) is 9.74. The average molecular weight is 284 g/mol. The van der Waals surface area contributed by atoms with Crippen molar-refractivity contribution in [3.8, 4) is 0 Å². The first kappa shape index (κ1) is 12.2. The number of pyridine rings is 1. The van der Waals surface area contributed by atoms with E-state index in [4.69, 9.17) is 32.7 Å². The summed E-state index contributed by atoms with van der Waals surface area (Å²) in [6.07, 6.45) is -0.439. The van der Waals surface area contributed by atoms with E-state index in [1.165, 1.54) is 0 Å². The molecule has 0 spiro atoms. The van der Waals surface area contributed by atoms with Crippen LogP contribution in [0.3, 0.4) is 0 Å². The number of fused-ring (bicyclic) bond motifs is 1. The number of aromatic nitrogens is 1. The number of aryl methyl sites for hydroxylation is 1. The van der Waals surface area contributed by atoms with E-state index >= 15 is 0 Å². The van der Waals surface area contributed by atoms with Crippen LogP contribution in [0.4, 0.5) is 0 Å². The summed E-state index contributed by atoms with van der Waals surface area (Å²) in [5, 5.41) is 1.92. The molecule has 0 atom stereocenters. The molecule has 2 heterocycles. The molecule has 3 nitrogen and oxygen atoms in total. The summed E-state index contributed by atoms with van der Waals surface area (Å²) in [4.78, 5) is 4.40. The summed E-state index contributed by atoms with van der Waals surface area (Å²) in [7, 11) is 0. The van der Waals surface area contributed by atoms with Gasteiger partial charge in [0.15, 0.2) is 6.29 Å². The fourth-order valence-electron chi connectivity index (χ4n) is 2.06. The molecule has 94 valence electrons. The molecule has 3 rings (SSSR count). The van der Waals surface area contributed by atoms with Crippen LogP contribution in [0.25, 0.3) is 10.9 Å². The van der Waals surface area contributed by atoms with Crippen molar-refractivity contribution in [3.05, 3.63) is 39.5 Å². The van der Waals surface area contributed by atoms with Gasteiger partial charge in [-0.1, -0.05) is 29.3 Å². The Labute approximate surface area is 115 Å².